The molecular formula is C11H20BNO2. The van der Waals surface area contributed by atoms with Crippen LogP contribution < -0.4 is 5.73 Å². The lowest BCUT2D eigenvalue weighted by Gasteiger charge is -2.60. The van der Waals surface area contributed by atoms with E-state index in [1.165, 1.54) is 6.42 Å². The Bertz CT molecular complexity index is 282. The molecule has 15 heavy (non-hydrogen) atoms. The molecule has 4 heteroatoms. The van der Waals surface area contributed by atoms with Crippen LogP contribution in [0.15, 0.2) is 0 Å². The molecular weight excluding hydrogens is 189 g/mol. The third-order valence-corrected chi connectivity index (χ3v) is 4.86. The molecule has 4 fully saturated rings. The van der Waals surface area contributed by atoms with Crippen molar-refractivity contribution < 1.29 is 9.31 Å². The first-order valence-corrected chi connectivity index (χ1v) is 6.06. The summed E-state index contributed by atoms with van der Waals surface area (Å²) in [7, 11) is -0.171. The predicted molar refractivity (Wildman–Crippen MR) is 59.1 cm³/mol. The summed E-state index contributed by atoms with van der Waals surface area (Å²) in [4.78, 5) is 0. The molecule has 3 nitrogen and oxygen atoms in total. The van der Waals surface area contributed by atoms with Gasteiger partial charge in [-0.3, -0.25) is 0 Å². The van der Waals surface area contributed by atoms with Gasteiger partial charge in [-0.1, -0.05) is 20.8 Å². The minimum atomic E-state index is -0.171. The SMILES string of the molecule is CC(N)B1O[C@@H]2CC3CC([C@@H]2O1)C3(C)C. The molecule has 5 atom stereocenters. The molecule has 4 aliphatic rings. The van der Waals surface area contributed by atoms with Crippen molar-refractivity contribution in [3.05, 3.63) is 0 Å². The summed E-state index contributed by atoms with van der Waals surface area (Å²) < 4.78 is 11.8. The maximum absolute atomic E-state index is 5.97. The lowest BCUT2D eigenvalue weighted by atomic mass is 9.47. The summed E-state index contributed by atoms with van der Waals surface area (Å²) in [6, 6.07) is 0. The Kier molecular flexibility index (Phi) is 2.02. The van der Waals surface area contributed by atoms with Crippen LogP contribution in [0.3, 0.4) is 0 Å². The van der Waals surface area contributed by atoms with Gasteiger partial charge in [0.05, 0.1) is 12.2 Å². The first-order chi connectivity index (χ1) is 7.00. The normalized spacial score (nSPS) is 48.4. The zero-order valence-electron chi connectivity index (χ0n) is 9.77. The van der Waals surface area contributed by atoms with Gasteiger partial charge in [0, 0.05) is 5.94 Å². The van der Waals surface area contributed by atoms with E-state index in [-0.39, 0.29) is 13.1 Å². The average Bonchev–Trinajstić information content (AvgIpc) is 2.59. The molecule has 84 valence electrons. The summed E-state index contributed by atoms with van der Waals surface area (Å²) in [5.41, 5.74) is 6.28. The van der Waals surface area contributed by atoms with Crippen LogP contribution in [0.1, 0.15) is 33.6 Å². The Morgan fingerprint density at radius 3 is 2.67 bits per heavy atom. The van der Waals surface area contributed by atoms with E-state index in [4.69, 9.17) is 15.0 Å². The Hall–Kier alpha value is -0.0551. The van der Waals surface area contributed by atoms with Crippen molar-refractivity contribution >= 4 is 7.12 Å². The first kappa shape index (κ1) is 10.1. The average molecular weight is 209 g/mol. The zero-order valence-corrected chi connectivity index (χ0v) is 9.77. The first-order valence-electron chi connectivity index (χ1n) is 6.06. The number of rotatable bonds is 1. The molecule has 2 bridgehead atoms. The summed E-state index contributed by atoms with van der Waals surface area (Å²) in [6.45, 7) is 6.69. The molecule has 0 amide bonds. The summed E-state index contributed by atoms with van der Waals surface area (Å²) in [5, 5.41) is 0. The smallest absolute Gasteiger partial charge is 0.405 e. The van der Waals surface area contributed by atoms with Crippen molar-refractivity contribution in [1.29, 1.82) is 0 Å². The van der Waals surface area contributed by atoms with Gasteiger partial charge < -0.3 is 15.0 Å². The molecule has 1 heterocycles. The fraction of sp³-hybridized carbons (Fsp3) is 1.00. The Morgan fingerprint density at radius 1 is 1.33 bits per heavy atom. The predicted octanol–water partition coefficient (Wildman–Crippen LogP) is 1.21. The molecule has 0 aromatic carbocycles. The van der Waals surface area contributed by atoms with Crippen molar-refractivity contribution in [1.82, 2.24) is 0 Å². The largest absolute Gasteiger partial charge is 0.475 e. The molecule has 0 aromatic rings. The summed E-state index contributed by atoms with van der Waals surface area (Å²) in [5.74, 6) is 1.50. The van der Waals surface area contributed by atoms with Gasteiger partial charge in [0.15, 0.2) is 0 Å². The lowest BCUT2D eigenvalue weighted by molar-refractivity contribution is -0.150. The van der Waals surface area contributed by atoms with Crippen molar-refractivity contribution in [3.63, 3.8) is 0 Å². The maximum atomic E-state index is 5.97. The van der Waals surface area contributed by atoms with Gasteiger partial charge >= 0.3 is 7.12 Å². The third-order valence-electron chi connectivity index (χ3n) is 4.86. The summed E-state index contributed by atoms with van der Waals surface area (Å²) in [6.07, 6.45) is 3.11. The van der Waals surface area contributed by atoms with Crippen LogP contribution in [0.5, 0.6) is 0 Å². The number of nitrogens with two attached hydrogens (primary N) is 1. The highest BCUT2D eigenvalue weighted by Gasteiger charge is 2.62. The summed E-state index contributed by atoms with van der Waals surface area (Å²) >= 11 is 0. The number of hydrogen-bond donors (Lipinski definition) is 1. The van der Waals surface area contributed by atoms with Gasteiger partial charge in [0.2, 0.25) is 0 Å². The molecule has 0 spiro atoms. The standard InChI is InChI=1S/C11H20BNO2/c1-6(13)12-14-9-5-7-4-8(10(9)15-12)11(7,2)3/h6-10H,4-5,13H2,1-3H3/t6?,7?,8?,9-,10+/m1/s1. The van der Waals surface area contributed by atoms with Gasteiger partial charge in [-0.2, -0.15) is 0 Å². The van der Waals surface area contributed by atoms with E-state index in [0.29, 0.717) is 23.5 Å². The van der Waals surface area contributed by atoms with Crippen molar-refractivity contribution in [2.75, 3.05) is 0 Å². The lowest BCUT2D eigenvalue weighted by Crippen LogP contribution is -2.59. The highest BCUT2D eigenvalue weighted by Crippen LogP contribution is 2.61. The Labute approximate surface area is 91.8 Å². The van der Waals surface area contributed by atoms with Crippen molar-refractivity contribution in [3.8, 4) is 0 Å². The van der Waals surface area contributed by atoms with E-state index in [1.54, 1.807) is 0 Å². The molecule has 0 radical (unpaired) electrons. The van der Waals surface area contributed by atoms with Crippen LogP contribution in [0.2, 0.25) is 0 Å². The Morgan fingerprint density at radius 2 is 2.07 bits per heavy atom. The van der Waals surface area contributed by atoms with Gasteiger partial charge in [-0.15, -0.1) is 0 Å². The molecule has 1 saturated heterocycles. The molecule has 2 N–H and O–H groups in total. The van der Waals surface area contributed by atoms with E-state index in [1.807, 2.05) is 6.92 Å². The number of hydrogen-bond acceptors (Lipinski definition) is 3. The monoisotopic (exact) mass is 209 g/mol. The minimum Gasteiger partial charge on any atom is -0.405 e. The van der Waals surface area contributed by atoms with E-state index in [2.05, 4.69) is 13.8 Å². The molecule has 4 rings (SSSR count). The van der Waals surface area contributed by atoms with Gasteiger partial charge in [-0.25, -0.2) is 0 Å². The van der Waals surface area contributed by atoms with E-state index >= 15 is 0 Å². The highest BCUT2D eigenvalue weighted by molar-refractivity contribution is 6.47. The minimum absolute atomic E-state index is 0.0177. The van der Waals surface area contributed by atoms with E-state index in [0.717, 1.165) is 12.3 Å². The molecule has 3 aliphatic carbocycles. The molecule has 1 aliphatic heterocycles. The van der Waals surface area contributed by atoms with Crippen LogP contribution in [-0.2, 0) is 9.31 Å². The van der Waals surface area contributed by atoms with Crippen LogP contribution in [0, 0.1) is 17.3 Å². The highest BCUT2D eigenvalue weighted by atomic mass is 16.7. The van der Waals surface area contributed by atoms with Gasteiger partial charge in [0.1, 0.15) is 0 Å². The second-order valence-corrected chi connectivity index (χ2v) is 6.10. The van der Waals surface area contributed by atoms with E-state index < -0.39 is 0 Å². The van der Waals surface area contributed by atoms with Crippen LogP contribution in [0.4, 0.5) is 0 Å². The quantitative estimate of drug-likeness (QED) is 0.660. The topological polar surface area (TPSA) is 44.5 Å². The fourth-order valence-corrected chi connectivity index (χ4v) is 3.61. The van der Waals surface area contributed by atoms with Crippen molar-refractivity contribution in [2.45, 2.75) is 51.8 Å². The maximum Gasteiger partial charge on any atom is 0.475 e. The molecule has 3 unspecified atom stereocenters. The fourth-order valence-electron chi connectivity index (χ4n) is 3.61. The Balaban J connectivity index is 1.77. The van der Waals surface area contributed by atoms with Gasteiger partial charge in [0.25, 0.3) is 0 Å². The molecule has 0 aromatic heterocycles. The zero-order chi connectivity index (χ0) is 10.8. The van der Waals surface area contributed by atoms with Gasteiger partial charge in [-0.05, 0) is 30.1 Å². The van der Waals surface area contributed by atoms with Crippen LogP contribution in [-0.4, -0.2) is 25.3 Å². The second-order valence-electron chi connectivity index (χ2n) is 6.10. The third kappa shape index (κ3) is 1.25. The molecule has 3 saturated carbocycles. The van der Waals surface area contributed by atoms with Crippen molar-refractivity contribution in [2.24, 2.45) is 23.0 Å². The van der Waals surface area contributed by atoms with E-state index in [9.17, 15) is 0 Å². The second kappa shape index (κ2) is 2.99. The van der Waals surface area contributed by atoms with Crippen LogP contribution >= 0.6 is 0 Å². The van der Waals surface area contributed by atoms with Crippen LogP contribution in [0.25, 0.3) is 0 Å².